The van der Waals surface area contributed by atoms with Crippen molar-refractivity contribution in [2.45, 2.75) is 61.6 Å². The van der Waals surface area contributed by atoms with Gasteiger partial charge in [-0.2, -0.15) is 35.1 Å². The lowest BCUT2D eigenvalue weighted by molar-refractivity contribution is -0.303. The van der Waals surface area contributed by atoms with Crippen LogP contribution in [0.4, 0.5) is 39.5 Å². The number of hydrogen-bond acceptors (Lipinski definition) is 1. The molecule has 2 rings (SSSR count). The highest BCUT2D eigenvalue weighted by Crippen LogP contribution is 2.70. The highest BCUT2D eigenvalue weighted by Gasteiger charge is 3.00. The molecule has 0 amide bonds. The third-order valence-corrected chi connectivity index (χ3v) is 4.62. The maximum absolute atomic E-state index is 14.4. The van der Waals surface area contributed by atoms with Crippen LogP contribution in [0.3, 0.4) is 0 Å². The number of alkyl halides is 9. The summed E-state index contributed by atoms with van der Waals surface area (Å²) in [5.74, 6) is -26.2. The van der Waals surface area contributed by atoms with Gasteiger partial charge in [-0.05, 0) is 17.0 Å². The molecule has 0 radical (unpaired) electrons. The van der Waals surface area contributed by atoms with Crippen LogP contribution < -0.4 is 0 Å². The van der Waals surface area contributed by atoms with Crippen LogP contribution in [0.15, 0.2) is 24.3 Å². The molecule has 1 nitrogen and oxygen atoms in total. The SMILES string of the molecule is CC(C)c1cccc(C(O)CC2(F)C(F)(F)C(F)(F)C(F)(F)C2(F)F)c1. The van der Waals surface area contributed by atoms with E-state index in [0.717, 1.165) is 6.07 Å². The fourth-order valence-electron chi connectivity index (χ4n) is 2.86. The summed E-state index contributed by atoms with van der Waals surface area (Å²) in [6.07, 6.45) is -4.76. The molecule has 1 aliphatic rings. The Morgan fingerprint density at radius 3 is 1.62 bits per heavy atom. The van der Waals surface area contributed by atoms with E-state index in [1.54, 1.807) is 13.8 Å². The third kappa shape index (κ3) is 2.36. The average Bonchev–Trinajstić information content (AvgIpc) is 2.57. The number of benzene rings is 1. The average molecular weight is 394 g/mol. The second-order valence-electron chi connectivity index (χ2n) is 6.64. The Bertz CT molecular complexity index is 658. The van der Waals surface area contributed by atoms with E-state index in [4.69, 9.17) is 0 Å². The van der Waals surface area contributed by atoms with Crippen LogP contribution in [0.2, 0.25) is 0 Å². The van der Waals surface area contributed by atoms with Crippen LogP contribution in [0, 0.1) is 0 Å². The van der Waals surface area contributed by atoms with Crippen LogP contribution in [0.5, 0.6) is 0 Å². The number of hydrogen-bond donors (Lipinski definition) is 1. The summed E-state index contributed by atoms with van der Waals surface area (Å²) >= 11 is 0. The second-order valence-corrected chi connectivity index (χ2v) is 6.64. The Labute approximate surface area is 142 Å². The molecule has 1 aromatic carbocycles. The summed E-state index contributed by atoms with van der Waals surface area (Å²) in [4.78, 5) is 0. The normalized spacial score (nSPS) is 26.0. The molecule has 0 heterocycles. The summed E-state index contributed by atoms with van der Waals surface area (Å²) in [6.45, 7) is 3.39. The fourth-order valence-corrected chi connectivity index (χ4v) is 2.86. The van der Waals surface area contributed by atoms with Crippen LogP contribution in [0.1, 0.15) is 43.4 Å². The van der Waals surface area contributed by atoms with Crippen molar-refractivity contribution in [2.24, 2.45) is 0 Å². The predicted molar refractivity (Wildman–Crippen MR) is 73.7 cm³/mol. The molecule has 0 saturated heterocycles. The molecule has 1 saturated carbocycles. The van der Waals surface area contributed by atoms with Gasteiger partial charge in [0, 0.05) is 6.42 Å². The summed E-state index contributed by atoms with van der Waals surface area (Å²) in [5, 5.41) is 9.86. The van der Waals surface area contributed by atoms with Crippen molar-refractivity contribution in [3.05, 3.63) is 35.4 Å². The van der Waals surface area contributed by atoms with Gasteiger partial charge in [0.25, 0.3) is 5.67 Å². The van der Waals surface area contributed by atoms with Gasteiger partial charge in [-0.3, -0.25) is 0 Å². The zero-order valence-electron chi connectivity index (χ0n) is 13.5. The first-order valence-corrected chi connectivity index (χ1v) is 7.52. The lowest BCUT2D eigenvalue weighted by Crippen LogP contribution is -2.55. The van der Waals surface area contributed by atoms with Crippen molar-refractivity contribution in [3.63, 3.8) is 0 Å². The monoisotopic (exact) mass is 394 g/mol. The minimum Gasteiger partial charge on any atom is -0.388 e. The highest BCUT2D eigenvalue weighted by molar-refractivity contribution is 5.31. The molecule has 1 aliphatic carbocycles. The summed E-state index contributed by atoms with van der Waals surface area (Å²) in [5.41, 5.74) is -5.48. The van der Waals surface area contributed by atoms with Crippen LogP contribution in [0.25, 0.3) is 0 Å². The number of aliphatic hydroxyl groups excluding tert-OH is 1. The molecule has 0 spiro atoms. The third-order valence-electron chi connectivity index (χ3n) is 4.62. The van der Waals surface area contributed by atoms with E-state index in [0.29, 0.717) is 5.56 Å². The largest absolute Gasteiger partial charge is 0.388 e. The zero-order chi connectivity index (χ0) is 20.3. The molecule has 148 valence electrons. The highest BCUT2D eigenvalue weighted by atomic mass is 19.4. The maximum atomic E-state index is 14.4. The summed E-state index contributed by atoms with van der Waals surface area (Å²) < 4.78 is 122. The van der Waals surface area contributed by atoms with Crippen molar-refractivity contribution < 1.29 is 44.6 Å². The Morgan fingerprint density at radius 2 is 1.19 bits per heavy atom. The Balaban J connectivity index is 2.48. The van der Waals surface area contributed by atoms with Gasteiger partial charge in [-0.25, -0.2) is 4.39 Å². The molecule has 1 aromatic rings. The van der Waals surface area contributed by atoms with E-state index in [1.165, 1.54) is 18.2 Å². The molecular formula is C16H15F9O. The number of rotatable bonds is 4. The number of aliphatic hydroxyl groups is 1. The molecular weight excluding hydrogens is 379 g/mol. The molecule has 1 unspecified atom stereocenters. The topological polar surface area (TPSA) is 20.2 Å². The summed E-state index contributed by atoms with van der Waals surface area (Å²) in [6, 6.07) is 5.06. The van der Waals surface area contributed by atoms with E-state index in [2.05, 4.69) is 0 Å². The van der Waals surface area contributed by atoms with E-state index in [9.17, 15) is 44.6 Å². The maximum Gasteiger partial charge on any atom is 0.381 e. The smallest absolute Gasteiger partial charge is 0.381 e. The molecule has 1 fully saturated rings. The van der Waals surface area contributed by atoms with Gasteiger partial charge < -0.3 is 5.11 Å². The fraction of sp³-hybridized carbons (Fsp3) is 0.625. The van der Waals surface area contributed by atoms with Gasteiger partial charge in [0.2, 0.25) is 0 Å². The minimum absolute atomic E-state index is 0.149. The first-order chi connectivity index (χ1) is 11.5. The number of halogens is 9. The van der Waals surface area contributed by atoms with Crippen LogP contribution >= 0.6 is 0 Å². The lowest BCUT2D eigenvalue weighted by atomic mass is 9.87. The van der Waals surface area contributed by atoms with Crippen molar-refractivity contribution in [2.75, 3.05) is 0 Å². The van der Waals surface area contributed by atoms with E-state index < -0.39 is 41.9 Å². The Morgan fingerprint density at radius 1 is 0.769 bits per heavy atom. The van der Waals surface area contributed by atoms with Crippen molar-refractivity contribution in [1.29, 1.82) is 0 Å². The Kier molecular flexibility index (Phi) is 4.63. The predicted octanol–water partition coefficient (Wildman–Crippen LogP) is 5.50. The van der Waals surface area contributed by atoms with Gasteiger partial charge in [-0.1, -0.05) is 38.1 Å². The first-order valence-electron chi connectivity index (χ1n) is 7.52. The molecule has 0 bridgehead atoms. The van der Waals surface area contributed by atoms with Gasteiger partial charge in [0.1, 0.15) is 0 Å². The zero-order valence-corrected chi connectivity index (χ0v) is 13.5. The summed E-state index contributed by atoms with van der Waals surface area (Å²) in [7, 11) is 0. The minimum atomic E-state index is -6.63. The van der Waals surface area contributed by atoms with Crippen LogP contribution in [-0.4, -0.2) is 34.5 Å². The van der Waals surface area contributed by atoms with Gasteiger partial charge in [-0.15, -0.1) is 0 Å². The molecule has 10 heteroatoms. The molecule has 1 N–H and O–H groups in total. The lowest BCUT2D eigenvalue weighted by Gasteiger charge is -2.32. The van der Waals surface area contributed by atoms with Gasteiger partial charge >= 0.3 is 23.7 Å². The Hall–Kier alpha value is -1.45. The molecule has 0 aromatic heterocycles. The standard InChI is InChI=1S/C16H15F9O/c1-8(2)9-4-3-5-10(6-9)11(26)7-12(17)13(18,19)15(22,23)16(24,25)14(12,20)21/h3-6,8,11,26H,7H2,1-2H3. The van der Waals surface area contributed by atoms with Crippen molar-refractivity contribution in [3.8, 4) is 0 Å². The molecule has 0 aliphatic heterocycles. The van der Waals surface area contributed by atoms with Crippen molar-refractivity contribution in [1.82, 2.24) is 0 Å². The van der Waals surface area contributed by atoms with Crippen LogP contribution in [-0.2, 0) is 0 Å². The van der Waals surface area contributed by atoms with Gasteiger partial charge in [0.15, 0.2) is 0 Å². The van der Waals surface area contributed by atoms with E-state index >= 15 is 0 Å². The molecule has 1 atom stereocenters. The van der Waals surface area contributed by atoms with E-state index in [-0.39, 0.29) is 11.5 Å². The molecule has 26 heavy (non-hydrogen) atoms. The second kappa shape index (κ2) is 5.77. The van der Waals surface area contributed by atoms with Gasteiger partial charge in [0.05, 0.1) is 6.10 Å². The van der Waals surface area contributed by atoms with E-state index in [1.807, 2.05) is 0 Å². The first kappa shape index (κ1) is 20.9. The quantitative estimate of drug-likeness (QED) is 0.669. The van der Waals surface area contributed by atoms with Crippen molar-refractivity contribution >= 4 is 0 Å².